The van der Waals surface area contributed by atoms with E-state index in [4.69, 9.17) is 0 Å². The number of alkyl halides is 3. The molecule has 0 heterocycles. The highest BCUT2D eigenvalue weighted by Gasteiger charge is 2.51. The number of nitrogens with zero attached hydrogens (tertiary/aromatic N) is 1. The Balaban J connectivity index is 1.49. The molecule has 1 atom stereocenters. The standard InChI is InChI=1S/C20H24F3N3O3/c1-11(25-19-8-12-4-13(9-19)6-14(5-12)10-19)18(27)24-17-3-2-15(26(28)29)7-16(17)20(21,22)23/h2-3,7,11-14,25H,4-6,8-10H2,1H3,(H,24,27)/t11-,12?,13?,14?,19?/m1/s1. The molecule has 6 nitrogen and oxygen atoms in total. The zero-order valence-electron chi connectivity index (χ0n) is 16.1. The topological polar surface area (TPSA) is 84.3 Å². The molecule has 4 saturated carbocycles. The maximum Gasteiger partial charge on any atom is 0.418 e. The summed E-state index contributed by atoms with van der Waals surface area (Å²) in [5, 5.41) is 16.6. The summed E-state index contributed by atoms with van der Waals surface area (Å²) < 4.78 is 40.0. The van der Waals surface area contributed by atoms with E-state index in [0.717, 1.165) is 31.4 Å². The highest BCUT2D eigenvalue weighted by molar-refractivity contribution is 5.95. The molecule has 0 unspecified atom stereocenters. The van der Waals surface area contributed by atoms with Gasteiger partial charge in [0.25, 0.3) is 5.69 Å². The molecule has 1 aromatic carbocycles. The molecule has 9 heteroatoms. The van der Waals surface area contributed by atoms with Crippen molar-refractivity contribution in [2.24, 2.45) is 17.8 Å². The van der Waals surface area contributed by atoms with Crippen molar-refractivity contribution < 1.29 is 22.9 Å². The molecule has 0 radical (unpaired) electrons. The minimum Gasteiger partial charge on any atom is -0.324 e. The average Bonchev–Trinajstić information content (AvgIpc) is 2.59. The normalized spacial score (nSPS) is 31.5. The fourth-order valence-electron chi connectivity index (χ4n) is 6.04. The fourth-order valence-corrected chi connectivity index (χ4v) is 6.04. The van der Waals surface area contributed by atoms with Crippen molar-refractivity contribution in [3.8, 4) is 0 Å². The van der Waals surface area contributed by atoms with Crippen LogP contribution < -0.4 is 10.6 Å². The highest BCUT2D eigenvalue weighted by Crippen LogP contribution is 2.55. The molecule has 1 aromatic rings. The predicted octanol–water partition coefficient (Wildman–Crippen LogP) is 4.50. The van der Waals surface area contributed by atoms with Crippen LogP contribution in [0.4, 0.5) is 24.5 Å². The number of hydrogen-bond donors (Lipinski definition) is 2. The van der Waals surface area contributed by atoms with Crippen LogP contribution in [-0.4, -0.2) is 22.4 Å². The van der Waals surface area contributed by atoms with Gasteiger partial charge in [-0.3, -0.25) is 14.9 Å². The molecule has 0 aliphatic heterocycles. The van der Waals surface area contributed by atoms with Crippen molar-refractivity contribution in [2.45, 2.75) is 63.2 Å². The van der Waals surface area contributed by atoms with Gasteiger partial charge in [0.15, 0.2) is 0 Å². The van der Waals surface area contributed by atoms with Crippen LogP contribution >= 0.6 is 0 Å². The smallest absolute Gasteiger partial charge is 0.324 e. The summed E-state index contributed by atoms with van der Waals surface area (Å²) in [5.41, 5.74) is -2.46. The molecule has 0 saturated heterocycles. The zero-order valence-corrected chi connectivity index (χ0v) is 16.1. The summed E-state index contributed by atoms with van der Waals surface area (Å²) in [5.74, 6) is 1.46. The van der Waals surface area contributed by atoms with Crippen molar-refractivity contribution >= 4 is 17.3 Å². The van der Waals surface area contributed by atoms with E-state index in [1.165, 1.54) is 19.3 Å². The van der Waals surface area contributed by atoms with Gasteiger partial charge in [-0.15, -0.1) is 0 Å². The van der Waals surface area contributed by atoms with Gasteiger partial charge in [-0.1, -0.05) is 0 Å². The van der Waals surface area contributed by atoms with Crippen LogP contribution in [0, 0.1) is 27.9 Å². The summed E-state index contributed by atoms with van der Waals surface area (Å²) in [7, 11) is 0. The average molecular weight is 411 g/mol. The van der Waals surface area contributed by atoms with Gasteiger partial charge >= 0.3 is 6.18 Å². The molecule has 4 aliphatic rings. The third kappa shape index (κ3) is 3.97. The number of nitrogens with one attached hydrogen (secondary N) is 2. The molecule has 29 heavy (non-hydrogen) atoms. The number of amides is 1. The number of carbonyl (C=O) groups excluding carboxylic acids is 1. The third-order valence-corrected chi connectivity index (χ3v) is 6.73. The van der Waals surface area contributed by atoms with Crippen molar-refractivity contribution in [2.75, 3.05) is 5.32 Å². The highest BCUT2D eigenvalue weighted by atomic mass is 19.4. The monoisotopic (exact) mass is 411 g/mol. The Kier molecular flexibility index (Phi) is 4.83. The number of benzene rings is 1. The quantitative estimate of drug-likeness (QED) is 0.552. The molecular formula is C20H24F3N3O3. The lowest BCUT2D eigenvalue weighted by Gasteiger charge is -2.57. The van der Waals surface area contributed by atoms with Crippen LogP contribution in [0.3, 0.4) is 0 Å². The Labute approximate surface area is 166 Å². The van der Waals surface area contributed by atoms with E-state index >= 15 is 0 Å². The molecule has 158 valence electrons. The van der Waals surface area contributed by atoms with Crippen molar-refractivity contribution in [3.63, 3.8) is 0 Å². The minimum atomic E-state index is -4.81. The van der Waals surface area contributed by atoms with Crippen molar-refractivity contribution in [1.82, 2.24) is 5.32 Å². The van der Waals surface area contributed by atoms with E-state index in [-0.39, 0.29) is 5.54 Å². The summed E-state index contributed by atoms with van der Waals surface area (Å²) in [4.78, 5) is 22.6. The zero-order chi connectivity index (χ0) is 21.0. The van der Waals surface area contributed by atoms with E-state index in [2.05, 4.69) is 10.6 Å². The van der Waals surface area contributed by atoms with E-state index in [0.29, 0.717) is 23.8 Å². The van der Waals surface area contributed by atoms with Crippen molar-refractivity contribution in [3.05, 3.63) is 33.9 Å². The molecule has 4 aliphatic carbocycles. The van der Waals surface area contributed by atoms with Crippen LogP contribution in [-0.2, 0) is 11.0 Å². The number of carbonyl (C=O) groups is 1. The summed E-state index contributed by atoms with van der Waals surface area (Å²) in [6.45, 7) is 1.66. The first-order valence-electron chi connectivity index (χ1n) is 9.99. The number of hydrogen-bond acceptors (Lipinski definition) is 4. The lowest BCUT2D eigenvalue weighted by Crippen LogP contribution is -2.62. The fraction of sp³-hybridized carbons (Fsp3) is 0.650. The number of nitro groups is 1. The summed E-state index contributed by atoms with van der Waals surface area (Å²) in [6, 6.07) is 1.69. The minimum absolute atomic E-state index is 0.103. The summed E-state index contributed by atoms with van der Waals surface area (Å²) >= 11 is 0. The van der Waals surface area contributed by atoms with Gasteiger partial charge < -0.3 is 10.6 Å². The van der Waals surface area contributed by atoms with Gasteiger partial charge in [-0.25, -0.2) is 0 Å². The number of non-ortho nitro benzene ring substituents is 1. The van der Waals surface area contributed by atoms with Gasteiger partial charge in [-0.05, 0) is 69.3 Å². The van der Waals surface area contributed by atoms with Crippen molar-refractivity contribution in [1.29, 1.82) is 0 Å². The number of halogens is 3. The number of nitro benzene ring substituents is 1. The van der Waals surface area contributed by atoms with Crippen LogP contribution in [0.25, 0.3) is 0 Å². The third-order valence-electron chi connectivity index (χ3n) is 6.73. The number of anilines is 1. The maximum absolute atomic E-state index is 13.3. The van der Waals surface area contributed by atoms with Crippen LogP contribution in [0.15, 0.2) is 18.2 Å². The maximum atomic E-state index is 13.3. The van der Waals surface area contributed by atoms with E-state index in [1.54, 1.807) is 6.92 Å². The van der Waals surface area contributed by atoms with Gasteiger partial charge in [0.05, 0.1) is 22.2 Å². The van der Waals surface area contributed by atoms with Gasteiger partial charge in [-0.2, -0.15) is 13.2 Å². The van der Waals surface area contributed by atoms with Gasteiger partial charge in [0, 0.05) is 17.7 Å². The largest absolute Gasteiger partial charge is 0.418 e. The summed E-state index contributed by atoms with van der Waals surface area (Å²) in [6.07, 6.45) is 1.98. The number of rotatable bonds is 5. The molecule has 4 fully saturated rings. The molecule has 0 aromatic heterocycles. The molecule has 2 N–H and O–H groups in total. The van der Waals surface area contributed by atoms with Crippen LogP contribution in [0.5, 0.6) is 0 Å². The van der Waals surface area contributed by atoms with E-state index < -0.39 is 40.0 Å². The second-order valence-corrected chi connectivity index (χ2v) is 9.04. The Morgan fingerprint density at radius 3 is 2.21 bits per heavy atom. The molecular weight excluding hydrogens is 387 g/mol. The SMILES string of the molecule is C[C@@H](NC12CC3CC(CC(C3)C1)C2)C(=O)Nc1ccc([N+](=O)[O-])cc1C(F)(F)F. The van der Waals surface area contributed by atoms with E-state index in [9.17, 15) is 28.1 Å². The first-order chi connectivity index (χ1) is 13.5. The Hall–Kier alpha value is -2.16. The molecule has 4 bridgehead atoms. The first kappa shape index (κ1) is 20.1. The Morgan fingerprint density at radius 2 is 1.72 bits per heavy atom. The predicted molar refractivity (Wildman–Crippen MR) is 100 cm³/mol. The van der Waals surface area contributed by atoms with Crippen LogP contribution in [0.2, 0.25) is 0 Å². The molecule has 5 rings (SSSR count). The van der Waals surface area contributed by atoms with Gasteiger partial charge in [0.2, 0.25) is 5.91 Å². The Morgan fingerprint density at radius 1 is 1.17 bits per heavy atom. The van der Waals surface area contributed by atoms with E-state index in [1.807, 2.05) is 0 Å². The lowest BCUT2D eigenvalue weighted by atomic mass is 9.53. The van der Waals surface area contributed by atoms with Crippen LogP contribution in [0.1, 0.15) is 51.0 Å². The Bertz CT molecular complexity index is 805. The lowest BCUT2D eigenvalue weighted by molar-refractivity contribution is -0.385. The first-order valence-corrected chi connectivity index (χ1v) is 9.99. The second-order valence-electron chi connectivity index (χ2n) is 9.04. The molecule has 1 amide bonds. The molecule has 0 spiro atoms. The second kappa shape index (κ2) is 6.97. The van der Waals surface area contributed by atoms with Gasteiger partial charge in [0.1, 0.15) is 0 Å².